The van der Waals surface area contributed by atoms with Gasteiger partial charge in [-0.05, 0) is 30.0 Å². The van der Waals surface area contributed by atoms with Gasteiger partial charge in [-0.25, -0.2) is 14.6 Å². The molecule has 0 unspecified atom stereocenters. The van der Waals surface area contributed by atoms with Gasteiger partial charge >= 0.3 is 0 Å². The van der Waals surface area contributed by atoms with Crippen molar-refractivity contribution in [2.75, 3.05) is 45.0 Å². The number of thioether (sulfide) groups is 1. The smallest absolute Gasteiger partial charge is 0.255 e. The molecule has 0 fully saturated rings. The number of fused-ring (bicyclic) bond motifs is 2. The third-order valence-corrected chi connectivity index (χ3v) is 5.83. The summed E-state index contributed by atoms with van der Waals surface area (Å²) in [6.07, 6.45) is 3.68. The van der Waals surface area contributed by atoms with Gasteiger partial charge < -0.3 is 20.1 Å². The van der Waals surface area contributed by atoms with Crippen LogP contribution in [0.2, 0.25) is 0 Å². The Morgan fingerprint density at radius 3 is 2.76 bits per heavy atom. The van der Waals surface area contributed by atoms with E-state index < -0.39 is 0 Å². The summed E-state index contributed by atoms with van der Waals surface area (Å²) in [5, 5.41) is 14.1. The molecule has 1 amide bonds. The molecule has 0 spiro atoms. The highest BCUT2D eigenvalue weighted by Gasteiger charge is 2.17. The van der Waals surface area contributed by atoms with Crippen LogP contribution in [0.4, 0.5) is 5.82 Å². The predicted octanol–water partition coefficient (Wildman–Crippen LogP) is 3.59. The summed E-state index contributed by atoms with van der Waals surface area (Å²) >= 11 is 1.46. The van der Waals surface area contributed by atoms with Gasteiger partial charge in [-0.15, -0.1) is 0 Å². The maximum atomic E-state index is 13.2. The third-order valence-electron chi connectivity index (χ3n) is 5.28. The SMILES string of the molecule is CCOc1ccc2ccccc2c1C(=O)NCCn1ncc2c(NCCOC)nc(SC)nc21. The summed E-state index contributed by atoms with van der Waals surface area (Å²) < 4.78 is 12.6. The Morgan fingerprint density at radius 2 is 1.97 bits per heavy atom. The van der Waals surface area contributed by atoms with Gasteiger partial charge in [0.05, 0.1) is 36.9 Å². The van der Waals surface area contributed by atoms with E-state index in [1.165, 1.54) is 11.8 Å². The molecule has 0 aliphatic rings. The maximum absolute atomic E-state index is 13.2. The minimum absolute atomic E-state index is 0.182. The highest BCUT2D eigenvalue weighted by molar-refractivity contribution is 7.98. The van der Waals surface area contributed by atoms with Crippen LogP contribution in [0.5, 0.6) is 5.75 Å². The fourth-order valence-electron chi connectivity index (χ4n) is 3.72. The van der Waals surface area contributed by atoms with Crippen molar-refractivity contribution in [1.82, 2.24) is 25.1 Å². The van der Waals surface area contributed by atoms with Crippen molar-refractivity contribution >= 4 is 45.3 Å². The van der Waals surface area contributed by atoms with Gasteiger partial charge in [0.1, 0.15) is 11.6 Å². The van der Waals surface area contributed by atoms with Crippen LogP contribution in [0.25, 0.3) is 21.8 Å². The van der Waals surface area contributed by atoms with E-state index in [2.05, 4.69) is 25.7 Å². The number of aromatic nitrogens is 4. The molecule has 2 aromatic heterocycles. The Morgan fingerprint density at radius 1 is 1.12 bits per heavy atom. The number of benzene rings is 2. The number of methoxy groups -OCH3 is 1. The molecule has 4 rings (SSSR count). The number of hydrogen-bond donors (Lipinski definition) is 2. The van der Waals surface area contributed by atoms with Crippen molar-refractivity contribution in [3.63, 3.8) is 0 Å². The molecule has 2 aromatic carbocycles. The summed E-state index contributed by atoms with van der Waals surface area (Å²) in [5.74, 6) is 1.12. The molecular formula is C24H28N6O3S. The first-order valence-corrected chi connectivity index (χ1v) is 12.3. The second-order valence-corrected chi connectivity index (χ2v) is 8.21. The summed E-state index contributed by atoms with van der Waals surface area (Å²) in [7, 11) is 1.66. The fourth-order valence-corrected chi connectivity index (χ4v) is 4.08. The lowest BCUT2D eigenvalue weighted by atomic mass is 10.0. The Balaban J connectivity index is 1.53. The minimum atomic E-state index is -0.182. The molecule has 0 aliphatic heterocycles. The van der Waals surface area contributed by atoms with Gasteiger partial charge in [0.2, 0.25) is 0 Å². The summed E-state index contributed by atoms with van der Waals surface area (Å²) in [5.41, 5.74) is 1.26. The normalized spacial score (nSPS) is 11.1. The molecule has 0 saturated carbocycles. The first-order valence-electron chi connectivity index (χ1n) is 11.1. The van der Waals surface area contributed by atoms with Crippen molar-refractivity contribution in [1.29, 1.82) is 0 Å². The molecule has 178 valence electrons. The Kier molecular flexibility index (Phi) is 7.81. The zero-order valence-electron chi connectivity index (χ0n) is 19.5. The molecule has 2 heterocycles. The van der Waals surface area contributed by atoms with Gasteiger partial charge in [-0.3, -0.25) is 4.79 Å². The van der Waals surface area contributed by atoms with E-state index in [1.54, 1.807) is 18.0 Å². The van der Waals surface area contributed by atoms with Gasteiger partial charge in [0.25, 0.3) is 5.91 Å². The molecule has 34 heavy (non-hydrogen) atoms. The molecular weight excluding hydrogens is 452 g/mol. The zero-order valence-corrected chi connectivity index (χ0v) is 20.3. The van der Waals surface area contributed by atoms with Crippen LogP contribution in [0, 0.1) is 0 Å². The van der Waals surface area contributed by atoms with Gasteiger partial charge in [0.15, 0.2) is 10.8 Å². The number of carbonyl (C=O) groups is 1. The van der Waals surface area contributed by atoms with Crippen molar-refractivity contribution in [2.45, 2.75) is 18.6 Å². The number of hydrogen-bond acceptors (Lipinski definition) is 8. The van der Waals surface area contributed by atoms with Crippen molar-refractivity contribution in [3.05, 3.63) is 48.2 Å². The molecule has 9 nitrogen and oxygen atoms in total. The van der Waals surface area contributed by atoms with Crippen LogP contribution in [0.1, 0.15) is 17.3 Å². The van der Waals surface area contributed by atoms with Gasteiger partial charge in [-0.1, -0.05) is 42.1 Å². The van der Waals surface area contributed by atoms with Crippen LogP contribution in [-0.2, 0) is 11.3 Å². The molecule has 0 saturated heterocycles. The van der Waals surface area contributed by atoms with Crippen molar-refractivity contribution < 1.29 is 14.3 Å². The second-order valence-electron chi connectivity index (χ2n) is 7.43. The van der Waals surface area contributed by atoms with Gasteiger partial charge in [-0.2, -0.15) is 5.10 Å². The monoisotopic (exact) mass is 480 g/mol. The number of rotatable bonds is 11. The van der Waals surface area contributed by atoms with Crippen LogP contribution in [0.15, 0.2) is 47.8 Å². The van der Waals surface area contributed by atoms with E-state index >= 15 is 0 Å². The topological polar surface area (TPSA) is 103 Å². The Bertz CT molecular complexity index is 1290. The molecule has 0 atom stereocenters. The first-order chi connectivity index (χ1) is 16.7. The summed E-state index contributed by atoms with van der Waals surface area (Å²) in [4.78, 5) is 22.4. The molecule has 0 radical (unpaired) electrons. The molecule has 2 N–H and O–H groups in total. The predicted molar refractivity (Wildman–Crippen MR) is 135 cm³/mol. The Hall–Kier alpha value is -3.37. The van der Waals surface area contributed by atoms with Crippen molar-refractivity contribution in [2.24, 2.45) is 0 Å². The Labute approximate surface area is 202 Å². The third kappa shape index (κ3) is 5.07. The van der Waals surface area contributed by atoms with E-state index in [4.69, 9.17) is 9.47 Å². The first kappa shape index (κ1) is 23.8. The number of nitrogens with zero attached hydrogens (tertiary/aromatic N) is 4. The molecule has 4 aromatic rings. The van der Waals surface area contributed by atoms with E-state index in [0.29, 0.717) is 55.0 Å². The van der Waals surface area contributed by atoms with E-state index in [1.807, 2.05) is 49.6 Å². The van der Waals surface area contributed by atoms with Crippen LogP contribution in [-0.4, -0.2) is 65.3 Å². The van der Waals surface area contributed by atoms with Crippen LogP contribution < -0.4 is 15.4 Å². The molecule has 0 aliphatic carbocycles. The summed E-state index contributed by atoms with van der Waals surface area (Å²) in [6, 6.07) is 11.6. The highest BCUT2D eigenvalue weighted by Crippen LogP contribution is 2.28. The lowest BCUT2D eigenvalue weighted by molar-refractivity contribution is 0.0950. The minimum Gasteiger partial charge on any atom is -0.493 e. The van der Waals surface area contributed by atoms with Gasteiger partial charge in [0, 0.05) is 20.2 Å². The standard InChI is InChI=1S/C24H28N6O3S/c1-4-33-19-10-9-16-7-5-6-8-17(16)20(19)23(31)26-11-13-30-22-18(15-27-30)21(25-12-14-32-2)28-24(29-22)34-3/h5-10,15H,4,11-14H2,1-3H3,(H,26,31)(H,25,28,29). The maximum Gasteiger partial charge on any atom is 0.255 e. The van der Waals surface area contributed by atoms with E-state index in [-0.39, 0.29) is 5.91 Å². The molecule has 10 heteroatoms. The largest absolute Gasteiger partial charge is 0.493 e. The average Bonchev–Trinajstić information content (AvgIpc) is 3.27. The highest BCUT2D eigenvalue weighted by atomic mass is 32.2. The number of amides is 1. The van der Waals surface area contributed by atoms with Crippen LogP contribution >= 0.6 is 11.8 Å². The van der Waals surface area contributed by atoms with Crippen molar-refractivity contribution in [3.8, 4) is 5.75 Å². The molecule has 0 bridgehead atoms. The zero-order chi connectivity index (χ0) is 23.9. The summed E-state index contributed by atoms with van der Waals surface area (Å²) in [6.45, 7) is 4.43. The second kappa shape index (κ2) is 11.2. The fraction of sp³-hybridized carbons (Fsp3) is 0.333. The quantitative estimate of drug-likeness (QED) is 0.191. The van der Waals surface area contributed by atoms with E-state index in [9.17, 15) is 4.79 Å². The number of ether oxygens (including phenoxy) is 2. The number of anilines is 1. The van der Waals surface area contributed by atoms with E-state index in [0.717, 1.165) is 22.0 Å². The lowest BCUT2D eigenvalue weighted by Gasteiger charge is -2.14. The average molecular weight is 481 g/mol. The van der Waals surface area contributed by atoms with Crippen LogP contribution in [0.3, 0.4) is 0 Å². The lowest BCUT2D eigenvalue weighted by Crippen LogP contribution is -2.28. The number of nitrogens with one attached hydrogen (secondary N) is 2. The number of carbonyl (C=O) groups excluding carboxylic acids is 1.